The highest BCUT2D eigenvalue weighted by Gasteiger charge is 2.31. The number of aromatic nitrogens is 1. The van der Waals surface area contributed by atoms with E-state index in [4.69, 9.17) is 10.3 Å². The topological polar surface area (TPSA) is 110 Å². The van der Waals surface area contributed by atoms with Gasteiger partial charge in [-0.1, -0.05) is 17.3 Å². The van der Waals surface area contributed by atoms with Gasteiger partial charge >= 0.3 is 0 Å². The zero-order chi connectivity index (χ0) is 18.8. The monoisotopic (exact) mass is 368 g/mol. The first-order valence-electron chi connectivity index (χ1n) is 9.50. The Kier molecular flexibility index (Phi) is 4.94. The molecule has 2 fully saturated rings. The first kappa shape index (κ1) is 17.7. The van der Waals surface area contributed by atoms with Crippen molar-refractivity contribution in [2.24, 2.45) is 11.7 Å². The number of primary amides is 1. The van der Waals surface area contributed by atoms with Gasteiger partial charge in [0, 0.05) is 17.5 Å². The maximum Gasteiger partial charge on any atom is 0.273 e. The molecule has 0 spiro atoms. The van der Waals surface area contributed by atoms with E-state index in [2.05, 4.69) is 15.8 Å². The molecular formula is C20H24N4O3. The molecule has 1 aliphatic carbocycles. The van der Waals surface area contributed by atoms with Crippen LogP contribution < -0.4 is 16.4 Å². The van der Waals surface area contributed by atoms with Crippen LogP contribution in [-0.2, 0) is 0 Å². The van der Waals surface area contributed by atoms with Crippen LogP contribution in [0.3, 0.4) is 0 Å². The molecule has 1 unspecified atom stereocenters. The van der Waals surface area contributed by atoms with Crippen LogP contribution in [0.25, 0.3) is 0 Å². The first-order chi connectivity index (χ1) is 13.1. The van der Waals surface area contributed by atoms with Crippen LogP contribution in [0, 0.1) is 5.92 Å². The Labute approximate surface area is 157 Å². The van der Waals surface area contributed by atoms with E-state index in [0.717, 1.165) is 50.1 Å². The molecule has 4 N–H and O–H groups in total. The average molecular weight is 368 g/mol. The number of piperidine rings is 1. The molecule has 142 valence electrons. The molecule has 4 rings (SSSR count). The molecule has 1 saturated heterocycles. The molecule has 1 aromatic heterocycles. The molecule has 7 nitrogen and oxygen atoms in total. The first-order valence-corrected chi connectivity index (χ1v) is 9.50. The van der Waals surface area contributed by atoms with Crippen molar-refractivity contribution in [1.29, 1.82) is 0 Å². The zero-order valence-corrected chi connectivity index (χ0v) is 15.1. The summed E-state index contributed by atoms with van der Waals surface area (Å²) < 4.78 is 5.31. The number of carbonyl (C=O) groups is 2. The molecular weight excluding hydrogens is 344 g/mol. The summed E-state index contributed by atoms with van der Waals surface area (Å²) in [5, 5.41) is 10.4. The van der Waals surface area contributed by atoms with Crippen molar-refractivity contribution in [1.82, 2.24) is 15.8 Å². The molecule has 0 radical (unpaired) electrons. The van der Waals surface area contributed by atoms with Gasteiger partial charge in [0.25, 0.3) is 5.91 Å². The van der Waals surface area contributed by atoms with E-state index in [-0.39, 0.29) is 17.9 Å². The van der Waals surface area contributed by atoms with Gasteiger partial charge in [0.05, 0.1) is 6.04 Å². The molecule has 2 aliphatic rings. The van der Waals surface area contributed by atoms with Crippen molar-refractivity contribution in [3.05, 3.63) is 52.9 Å². The number of nitrogens with zero attached hydrogens (tertiary/aromatic N) is 1. The van der Waals surface area contributed by atoms with E-state index in [1.54, 1.807) is 24.3 Å². The minimum atomic E-state index is -0.474. The quantitative estimate of drug-likeness (QED) is 0.723. The molecule has 27 heavy (non-hydrogen) atoms. The highest BCUT2D eigenvalue weighted by molar-refractivity contribution is 5.93. The highest BCUT2D eigenvalue weighted by atomic mass is 16.5. The van der Waals surface area contributed by atoms with E-state index in [9.17, 15) is 9.59 Å². The average Bonchev–Trinajstić information content (AvgIpc) is 3.43. The SMILES string of the molecule is NC(=O)c1cccc(C(NC(=O)c2cc(C3CC3)on2)C2CCNCC2)c1. The van der Waals surface area contributed by atoms with E-state index < -0.39 is 5.91 Å². The fourth-order valence-corrected chi connectivity index (χ4v) is 3.71. The number of nitrogens with one attached hydrogen (secondary N) is 2. The lowest BCUT2D eigenvalue weighted by Crippen LogP contribution is -2.39. The fourth-order valence-electron chi connectivity index (χ4n) is 3.71. The minimum absolute atomic E-state index is 0.208. The Bertz CT molecular complexity index is 837. The van der Waals surface area contributed by atoms with Crippen molar-refractivity contribution in [2.45, 2.75) is 37.6 Å². The van der Waals surface area contributed by atoms with Gasteiger partial charge in [-0.2, -0.15) is 0 Å². The van der Waals surface area contributed by atoms with Gasteiger partial charge in [-0.05, 0) is 62.4 Å². The standard InChI is InChI=1S/C20H24N4O3/c21-19(25)15-3-1-2-14(10-15)18(13-6-8-22-9-7-13)23-20(26)16-11-17(27-24-16)12-4-5-12/h1-3,10-13,18,22H,4-9H2,(H2,21,25)(H,23,26). The molecule has 2 amide bonds. The van der Waals surface area contributed by atoms with Crippen molar-refractivity contribution in [3.63, 3.8) is 0 Å². The smallest absolute Gasteiger partial charge is 0.273 e. The molecule has 1 saturated carbocycles. The largest absolute Gasteiger partial charge is 0.366 e. The summed E-state index contributed by atoms with van der Waals surface area (Å²) in [6.45, 7) is 1.81. The predicted octanol–water partition coefficient (Wildman–Crippen LogP) is 2.12. The van der Waals surface area contributed by atoms with Gasteiger partial charge in [-0.25, -0.2) is 0 Å². The highest BCUT2D eigenvalue weighted by Crippen LogP contribution is 2.40. The van der Waals surface area contributed by atoms with E-state index >= 15 is 0 Å². The Morgan fingerprint density at radius 2 is 1.96 bits per heavy atom. The third-order valence-corrected chi connectivity index (χ3v) is 5.41. The second-order valence-electron chi connectivity index (χ2n) is 7.42. The van der Waals surface area contributed by atoms with Crippen LogP contribution in [0.4, 0.5) is 0 Å². The number of amides is 2. The van der Waals surface area contributed by atoms with E-state index in [1.807, 2.05) is 6.07 Å². The molecule has 1 atom stereocenters. The number of carbonyl (C=O) groups excluding carboxylic acids is 2. The molecule has 2 heterocycles. The van der Waals surface area contributed by atoms with Gasteiger partial charge in [0.15, 0.2) is 5.69 Å². The third kappa shape index (κ3) is 4.03. The van der Waals surface area contributed by atoms with Crippen LogP contribution in [0.15, 0.2) is 34.9 Å². The molecule has 1 aromatic carbocycles. The van der Waals surface area contributed by atoms with Gasteiger partial charge < -0.3 is 20.9 Å². The summed E-state index contributed by atoms with van der Waals surface area (Å²) in [5.74, 6) is 0.741. The Morgan fingerprint density at radius 1 is 1.19 bits per heavy atom. The predicted molar refractivity (Wildman–Crippen MR) is 99.2 cm³/mol. The lowest BCUT2D eigenvalue weighted by Gasteiger charge is -2.31. The number of benzene rings is 1. The Balaban J connectivity index is 1.57. The summed E-state index contributed by atoms with van der Waals surface area (Å²) in [6.07, 6.45) is 4.07. The van der Waals surface area contributed by atoms with Crippen LogP contribution in [0.1, 0.15) is 69.8 Å². The van der Waals surface area contributed by atoms with Crippen LogP contribution >= 0.6 is 0 Å². The maximum absolute atomic E-state index is 12.8. The number of rotatable bonds is 6. The molecule has 7 heteroatoms. The molecule has 0 bridgehead atoms. The van der Waals surface area contributed by atoms with Gasteiger partial charge in [-0.3, -0.25) is 9.59 Å². The normalized spacial score (nSPS) is 18.8. The molecule has 2 aromatic rings. The number of hydrogen-bond acceptors (Lipinski definition) is 5. The Hall–Kier alpha value is -2.67. The summed E-state index contributed by atoms with van der Waals surface area (Å²) in [7, 11) is 0. The Morgan fingerprint density at radius 3 is 2.67 bits per heavy atom. The summed E-state index contributed by atoms with van der Waals surface area (Å²) >= 11 is 0. The lowest BCUT2D eigenvalue weighted by molar-refractivity contribution is 0.0904. The van der Waals surface area contributed by atoms with E-state index in [1.165, 1.54) is 0 Å². The summed E-state index contributed by atoms with van der Waals surface area (Å²) in [6, 6.07) is 8.72. The fraction of sp³-hybridized carbons (Fsp3) is 0.450. The molecule has 1 aliphatic heterocycles. The van der Waals surface area contributed by atoms with Crippen molar-refractivity contribution >= 4 is 11.8 Å². The van der Waals surface area contributed by atoms with Gasteiger partial charge in [-0.15, -0.1) is 0 Å². The number of nitrogens with two attached hydrogens (primary N) is 1. The van der Waals surface area contributed by atoms with Crippen molar-refractivity contribution in [3.8, 4) is 0 Å². The second-order valence-corrected chi connectivity index (χ2v) is 7.42. The van der Waals surface area contributed by atoms with Gasteiger partial charge in [0.2, 0.25) is 5.91 Å². The third-order valence-electron chi connectivity index (χ3n) is 5.41. The van der Waals surface area contributed by atoms with Crippen LogP contribution in [-0.4, -0.2) is 30.1 Å². The summed E-state index contributed by atoms with van der Waals surface area (Å²) in [5.41, 5.74) is 7.07. The van der Waals surface area contributed by atoms with Crippen molar-refractivity contribution in [2.75, 3.05) is 13.1 Å². The zero-order valence-electron chi connectivity index (χ0n) is 15.1. The van der Waals surface area contributed by atoms with Crippen LogP contribution in [0.5, 0.6) is 0 Å². The summed E-state index contributed by atoms with van der Waals surface area (Å²) in [4.78, 5) is 24.4. The number of hydrogen-bond donors (Lipinski definition) is 3. The minimum Gasteiger partial charge on any atom is -0.366 e. The lowest BCUT2D eigenvalue weighted by atomic mass is 9.85. The second kappa shape index (κ2) is 7.52. The van der Waals surface area contributed by atoms with Crippen LogP contribution in [0.2, 0.25) is 0 Å². The maximum atomic E-state index is 12.8. The van der Waals surface area contributed by atoms with E-state index in [0.29, 0.717) is 17.2 Å². The van der Waals surface area contributed by atoms with Gasteiger partial charge in [0.1, 0.15) is 5.76 Å². The van der Waals surface area contributed by atoms with Crippen molar-refractivity contribution < 1.29 is 14.1 Å².